The summed E-state index contributed by atoms with van der Waals surface area (Å²) < 4.78 is 10.5. The maximum absolute atomic E-state index is 12.3. The monoisotopic (exact) mass is 315 g/mol. The van der Waals surface area contributed by atoms with Gasteiger partial charge >= 0.3 is 5.97 Å². The first-order valence-electron chi connectivity index (χ1n) is 7.33. The van der Waals surface area contributed by atoms with Crippen LogP contribution < -0.4 is 4.74 Å². The minimum Gasteiger partial charge on any atom is -0.487 e. The van der Waals surface area contributed by atoms with Gasteiger partial charge in [-0.3, -0.25) is 14.4 Å². The van der Waals surface area contributed by atoms with Crippen LogP contribution in [0.1, 0.15) is 37.0 Å². The van der Waals surface area contributed by atoms with Gasteiger partial charge in [-0.25, -0.2) is 0 Å². The molecule has 6 heteroatoms. The molecule has 2 unspecified atom stereocenters. The van der Waals surface area contributed by atoms with Gasteiger partial charge in [-0.15, -0.1) is 0 Å². The highest BCUT2D eigenvalue weighted by molar-refractivity contribution is 6.04. The number of benzene rings is 1. The third-order valence-electron chi connectivity index (χ3n) is 3.36. The van der Waals surface area contributed by atoms with E-state index in [9.17, 15) is 19.6 Å². The second-order valence-corrected chi connectivity index (χ2v) is 5.58. The molecule has 1 heterocycles. The molecule has 0 amide bonds. The molecule has 0 radical (unpaired) electrons. The molecule has 2 atom stereocenters. The molecule has 2 rings (SSSR count). The Labute approximate surface area is 134 Å². The summed E-state index contributed by atoms with van der Waals surface area (Å²) in [5.41, 5.74) is 0.335. The van der Waals surface area contributed by atoms with E-state index in [4.69, 9.17) is 9.47 Å². The molecule has 1 aliphatic heterocycles. The fourth-order valence-corrected chi connectivity index (χ4v) is 2.40. The Morgan fingerprint density at radius 1 is 1.35 bits per heavy atom. The summed E-state index contributed by atoms with van der Waals surface area (Å²) in [5.74, 6) is -2.12. The first-order valence-corrected chi connectivity index (χ1v) is 7.33. The fraction of sp³-hybridized carbons (Fsp3) is 0.412. The number of esters is 1. The number of ether oxygens (including phenoxy) is 2. The van der Waals surface area contributed by atoms with Crippen molar-refractivity contribution >= 4 is 17.5 Å². The van der Waals surface area contributed by atoms with Crippen molar-refractivity contribution in [3.63, 3.8) is 0 Å². The maximum Gasteiger partial charge on any atom is 0.313 e. The van der Waals surface area contributed by atoms with Crippen molar-refractivity contribution in [2.45, 2.75) is 38.9 Å². The van der Waals surface area contributed by atoms with E-state index in [1.807, 2.05) is 6.07 Å². The van der Waals surface area contributed by atoms with Crippen LogP contribution in [0.3, 0.4) is 0 Å². The molecule has 0 bridgehead atoms. The molecule has 23 heavy (non-hydrogen) atoms. The van der Waals surface area contributed by atoms with Crippen molar-refractivity contribution < 1.29 is 23.9 Å². The van der Waals surface area contributed by atoms with Crippen LogP contribution in [-0.4, -0.2) is 29.7 Å². The lowest BCUT2D eigenvalue weighted by Gasteiger charge is -2.28. The fourth-order valence-electron chi connectivity index (χ4n) is 2.40. The second kappa shape index (κ2) is 7.05. The molecule has 0 N–H and O–H groups in total. The topological polar surface area (TPSA) is 93.5 Å². The largest absolute Gasteiger partial charge is 0.487 e. The van der Waals surface area contributed by atoms with Crippen LogP contribution in [0.2, 0.25) is 0 Å². The van der Waals surface area contributed by atoms with Crippen LogP contribution in [0.4, 0.5) is 0 Å². The van der Waals surface area contributed by atoms with E-state index in [1.54, 1.807) is 38.1 Å². The summed E-state index contributed by atoms with van der Waals surface area (Å²) in [6.45, 7) is 3.38. The molecule has 1 aromatic rings. The van der Waals surface area contributed by atoms with Gasteiger partial charge in [0, 0.05) is 6.42 Å². The Balaban J connectivity index is 2.08. The molecule has 1 aromatic carbocycles. The van der Waals surface area contributed by atoms with Gasteiger partial charge in [0.15, 0.2) is 5.78 Å². The predicted molar refractivity (Wildman–Crippen MR) is 79.8 cm³/mol. The van der Waals surface area contributed by atoms with Crippen LogP contribution in [-0.2, 0) is 14.3 Å². The number of rotatable bonds is 5. The third kappa shape index (κ3) is 3.95. The van der Waals surface area contributed by atoms with Gasteiger partial charge in [-0.1, -0.05) is 12.1 Å². The third-order valence-corrected chi connectivity index (χ3v) is 3.36. The van der Waals surface area contributed by atoms with Gasteiger partial charge in [0.2, 0.25) is 0 Å². The van der Waals surface area contributed by atoms with Crippen molar-refractivity contribution in [1.82, 2.24) is 0 Å². The Kier molecular flexibility index (Phi) is 5.12. The number of para-hydroxylation sites is 1. The SMILES string of the molecule is CC(C)OC(=O)CC(=O)CC1Oc2ccccc2C(=O)C1C#N. The Morgan fingerprint density at radius 2 is 2.04 bits per heavy atom. The zero-order chi connectivity index (χ0) is 17.0. The quantitative estimate of drug-likeness (QED) is 0.610. The normalized spacial score (nSPS) is 19.5. The zero-order valence-electron chi connectivity index (χ0n) is 12.9. The molecular weight excluding hydrogens is 298 g/mol. The summed E-state index contributed by atoms with van der Waals surface area (Å²) in [7, 11) is 0. The van der Waals surface area contributed by atoms with E-state index >= 15 is 0 Å². The molecule has 0 spiro atoms. The molecule has 0 fully saturated rings. The zero-order valence-corrected chi connectivity index (χ0v) is 12.9. The molecule has 1 aliphatic rings. The molecule has 120 valence electrons. The van der Waals surface area contributed by atoms with Crippen molar-refractivity contribution in [3.8, 4) is 11.8 Å². The Hall–Kier alpha value is -2.68. The average molecular weight is 315 g/mol. The van der Waals surface area contributed by atoms with E-state index in [0.29, 0.717) is 11.3 Å². The lowest BCUT2D eigenvalue weighted by molar-refractivity contribution is -0.149. The van der Waals surface area contributed by atoms with Gasteiger partial charge in [0.1, 0.15) is 30.0 Å². The van der Waals surface area contributed by atoms with Crippen LogP contribution in [0, 0.1) is 17.2 Å². The molecule has 0 saturated heterocycles. The minimum atomic E-state index is -1.06. The predicted octanol–water partition coefficient (Wildman–Crippen LogP) is 2.07. The number of fused-ring (bicyclic) bond motifs is 1. The lowest BCUT2D eigenvalue weighted by atomic mass is 9.87. The van der Waals surface area contributed by atoms with Crippen LogP contribution in [0.5, 0.6) is 5.75 Å². The summed E-state index contributed by atoms with van der Waals surface area (Å²) >= 11 is 0. The number of Topliss-reactive ketones (excluding diaryl/α,β-unsaturated/α-hetero) is 2. The van der Waals surface area contributed by atoms with Crippen molar-refractivity contribution in [3.05, 3.63) is 29.8 Å². The first kappa shape index (κ1) is 16.7. The van der Waals surface area contributed by atoms with Crippen molar-refractivity contribution in [2.24, 2.45) is 5.92 Å². The summed E-state index contributed by atoms with van der Waals surface area (Å²) in [6, 6.07) is 8.48. The van der Waals surface area contributed by atoms with Crippen LogP contribution in [0.25, 0.3) is 0 Å². The smallest absolute Gasteiger partial charge is 0.313 e. The van der Waals surface area contributed by atoms with E-state index in [-0.39, 0.29) is 18.3 Å². The molecule has 0 saturated carbocycles. The Bertz CT molecular complexity index is 674. The number of carbonyl (C=O) groups excluding carboxylic acids is 3. The van der Waals surface area contributed by atoms with Crippen LogP contribution in [0.15, 0.2) is 24.3 Å². The average Bonchev–Trinajstić information content (AvgIpc) is 2.46. The van der Waals surface area contributed by atoms with Crippen molar-refractivity contribution in [1.29, 1.82) is 5.26 Å². The van der Waals surface area contributed by atoms with Gasteiger partial charge in [-0.2, -0.15) is 5.26 Å². The summed E-state index contributed by atoms with van der Waals surface area (Å²) in [4.78, 5) is 35.8. The maximum atomic E-state index is 12.3. The molecule has 6 nitrogen and oxygen atoms in total. The molecule has 0 aliphatic carbocycles. The summed E-state index contributed by atoms with van der Waals surface area (Å²) in [6.07, 6.45) is -1.78. The number of nitriles is 1. The number of nitrogens with zero attached hydrogens (tertiary/aromatic N) is 1. The van der Waals surface area contributed by atoms with E-state index in [1.165, 1.54) is 0 Å². The second-order valence-electron chi connectivity index (χ2n) is 5.58. The van der Waals surface area contributed by atoms with Crippen molar-refractivity contribution in [2.75, 3.05) is 0 Å². The number of hydrogen-bond donors (Lipinski definition) is 0. The highest BCUT2D eigenvalue weighted by atomic mass is 16.5. The highest BCUT2D eigenvalue weighted by Crippen LogP contribution is 2.32. The van der Waals surface area contributed by atoms with Gasteiger partial charge in [0.25, 0.3) is 0 Å². The first-order chi connectivity index (χ1) is 10.9. The molecule has 0 aromatic heterocycles. The standard InChI is InChI=1S/C17H17NO5/c1-10(2)22-16(20)8-11(19)7-15-13(9-18)17(21)12-5-3-4-6-14(12)23-15/h3-6,10,13,15H,7-8H2,1-2H3. The Morgan fingerprint density at radius 3 is 2.70 bits per heavy atom. The number of ketones is 2. The van der Waals surface area contributed by atoms with E-state index < -0.39 is 30.2 Å². The van der Waals surface area contributed by atoms with Crippen LogP contribution >= 0.6 is 0 Å². The van der Waals surface area contributed by atoms with Gasteiger partial charge in [-0.05, 0) is 26.0 Å². The van der Waals surface area contributed by atoms with Gasteiger partial charge in [0.05, 0.1) is 17.7 Å². The van der Waals surface area contributed by atoms with Gasteiger partial charge < -0.3 is 9.47 Å². The van der Waals surface area contributed by atoms with E-state index in [2.05, 4.69) is 0 Å². The van der Waals surface area contributed by atoms with E-state index in [0.717, 1.165) is 0 Å². The lowest BCUT2D eigenvalue weighted by Crippen LogP contribution is -2.38. The summed E-state index contributed by atoms with van der Waals surface area (Å²) in [5, 5.41) is 9.22. The number of hydrogen-bond acceptors (Lipinski definition) is 6. The number of carbonyl (C=O) groups is 3. The molecular formula is C17H17NO5. The highest BCUT2D eigenvalue weighted by Gasteiger charge is 2.38. The minimum absolute atomic E-state index is 0.189.